The number of anilines is 1. The maximum absolute atomic E-state index is 5.78. The predicted molar refractivity (Wildman–Crippen MR) is 73.1 cm³/mol. The van der Waals surface area contributed by atoms with Gasteiger partial charge in [0.25, 0.3) is 0 Å². The van der Waals surface area contributed by atoms with Crippen molar-refractivity contribution in [1.29, 1.82) is 0 Å². The van der Waals surface area contributed by atoms with Crippen LogP contribution in [0.2, 0.25) is 0 Å². The summed E-state index contributed by atoms with van der Waals surface area (Å²) in [6, 6.07) is 7.85. The van der Waals surface area contributed by atoms with Gasteiger partial charge in [0.2, 0.25) is 0 Å². The summed E-state index contributed by atoms with van der Waals surface area (Å²) >= 11 is 0. The molecule has 0 radical (unpaired) electrons. The summed E-state index contributed by atoms with van der Waals surface area (Å²) in [5.74, 6) is 0.940. The number of fused-ring (bicyclic) bond motifs is 1. The summed E-state index contributed by atoms with van der Waals surface area (Å²) in [6.45, 7) is 2.04. The molecule has 2 heterocycles. The molecule has 3 aromatic rings. The van der Waals surface area contributed by atoms with Gasteiger partial charge in [-0.3, -0.25) is 4.98 Å². The van der Waals surface area contributed by atoms with Gasteiger partial charge in [0.05, 0.1) is 11.7 Å². The van der Waals surface area contributed by atoms with E-state index in [4.69, 9.17) is 5.73 Å². The van der Waals surface area contributed by atoms with Crippen LogP contribution < -0.4 is 5.73 Å². The number of nitrogen functional groups attached to an aromatic ring is 1. The zero-order valence-electron chi connectivity index (χ0n) is 10.4. The van der Waals surface area contributed by atoms with E-state index < -0.39 is 0 Å². The van der Waals surface area contributed by atoms with Crippen LogP contribution in [-0.4, -0.2) is 14.5 Å². The third-order valence-electron chi connectivity index (χ3n) is 3.17. The fourth-order valence-corrected chi connectivity index (χ4v) is 2.23. The lowest BCUT2D eigenvalue weighted by Gasteiger charge is -2.06. The molecule has 2 N–H and O–H groups in total. The third-order valence-corrected chi connectivity index (χ3v) is 3.17. The number of nitrogens with two attached hydrogens (primary N) is 1. The Labute approximate surface area is 105 Å². The van der Waals surface area contributed by atoms with Gasteiger partial charge < -0.3 is 10.3 Å². The normalized spacial score (nSPS) is 11.0. The van der Waals surface area contributed by atoms with Gasteiger partial charge in [0.1, 0.15) is 11.3 Å². The van der Waals surface area contributed by atoms with Crippen molar-refractivity contribution in [3.63, 3.8) is 0 Å². The van der Waals surface area contributed by atoms with Gasteiger partial charge in [-0.25, -0.2) is 4.98 Å². The standard InChI is InChI=1S/C14H14N4/c1-9-7-10(15)3-4-11(9)14-17-12-8-16-6-5-13(12)18(14)2/h3-8H,15H2,1-2H3. The van der Waals surface area contributed by atoms with Crippen molar-refractivity contribution >= 4 is 16.7 Å². The van der Waals surface area contributed by atoms with Crippen LogP contribution in [0, 0.1) is 6.92 Å². The zero-order chi connectivity index (χ0) is 12.7. The van der Waals surface area contributed by atoms with Crippen LogP contribution in [0.3, 0.4) is 0 Å². The molecule has 0 amide bonds. The average molecular weight is 238 g/mol. The van der Waals surface area contributed by atoms with Gasteiger partial charge >= 0.3 is 0 Å². The van der Waals surface area contributed by atoms with E-state index in [1.54, 1.807) is 12.4 Å². The van der Waals surface area contributed by atoms with Gasteiger partial charge in [0, 0.05) is 24.5 Å². The molecule has 2 aromatic heterocycles. The minimum Gasteiger partial charge on any atom is -0.399 e. The number of pyridine rings is 1. The van der Waals surface area contributed by atoms with Gasteiger partial charge in [-0.05, 0) is 36.8 Å². The molecular weight excluding hydrogens is 224 g/mol. The highest BCUT2D eigenvalue weighted by molar-refractivity contribution is 5.80. The van der Waals surface area contributed by atoms with E-state index in [0.29, 0.717) is 0 Å². The lowest BCUT2D eigenvalue weighted by molar-refractivity contribution is 0.957. The highest BCUT2D eigenvalue weighted by Crippen LogP contribution is 2.26. The Morgan fingerprint density at radius 2 is 2.06 bits per heavy atom. The molecule has 0 atom stereocenters. The summed E-state index contributed by atoms with van der Waals surface area (Å²) in [6.07, 6.45) is 3.56. The summed E-state index contributed by atoms with van der Waals surface area (Å²) < 4.78 is 2.08. The Kier molecular flexibility index (Phi) is 2.30. The molecule has 18 heavy (non-hydrogen) atoms. The molecular formula is C14H14N4. The lowest BCUT2D eigenvalue weighted by Crippen LogP contribution is -1.95. The predicted octanol–water partition coefficient (Wildman–Crippen LogP) is 2.53. The number of hydrogen-bond donors (Lipinski definition) is 1. The topological polar surface area (TPSA) is 56.7 Å². The van der Waals surface area contributed by atoms with Crippen molar-refractivity contribution in [3.8, 4) is 11.4 Å². The first kappa shape index (κ1) is 10.8. The first-order valence-corrected chi connectivity index (χ1v) is 5.80. The van der Waals surface area contributed by atoms with E-state index in [2.05, 4.69) is 14.5 Å². The summed E-state index contributed by atoms with van der Waals surface area (Å²) in [5.41, 5.74) is 10.8. The molecule has 90 valence electrons. The van der Waals surface area contributed by atoms with E-state index in [1.807, 2.05) is 38.2 Å². The number of nitrogens with zero attached hydrogens (tertiary/aromatic N) is 3. The van der Waals surface area contributed by atoms with Crippen molar-refractivity contribution in [2.75, 3.05) is 5.73 Å². The second kappa shape index (κ2) is 3.84. The van der Waals surface area contributed by atoms with Gasteiger partial charge in [-0.15, -0.1) is 0 Å². The Balaban J connectivity index is 2.28. The highest BCUT2D eigenvalue weighted by atomic mass is 15.1. The molecule has 0 bridgehead atoms. The van der Waals surface area contributed by atoms with Crippen LogP contribution >= 0.6 is 0 Å². The SMILES string of the molecule is Cc1cc(N)ccc1-c1nc2cnccc2n1C. The number of imidazole rings is 1. The number of benzene rings is 1. The molecule has 4 nitrogen and oxygen atoms in total. The summed E-state index contributed by atoms with van der Waals surface area (Å²) in [7, 11) is 2.01. The summed E-state index contributed by atoms with van der Waals surface area (Å²) in [5, 5.41) is 0. The Morgan fingerprint density at radius 1 is 1.22 bits per heavy atom. The fourth-order valence-electron chi connectivity index (χ4n) is 2.23. The van der Waals surface area contributed by atoms with E-state index in [0.717, 1.165) is 33.7 Å². The van der Waals surface area contributed by atoms with E-state index in [1.165, 1.54) is 0 Å². The smallest absolute Gasteiger partial charge is 0.141 e. The number of aromatic nitrogens is 3. The average Bonchev–Trinajstić information content (AvgIpc) is 2.68. The minimum atomic E-state index is 0.775. The fraction of sp³-hybridized carbons (Fsp3) is 0.143. The van der Waals surface area contributed by atoms with Crippen molar-refractivity contribution < 1.29 is 0 Å². The van der Waals surface area contributed by atoms with Gasteiger partial charge in [-0.2, -0.15) is 0 Å². The van der Waals surface area contributed by atoms with E-state index >= 15 is 0 Å². The Morgan fingerprint density at radius 3 is 2.78 bits per heavy atom. The Bertz CT molecular complexity index is 728. The van der Waals surface area contributed by atoms with Crippen LogP contribution in [0.25, 0.3) is 22.4 Å². The first-order chi connectivity index (χ1) is 8.66. The third kappa shape index (κ3) is 1.54. The van der Waals surface area contributed by atoms with Crippen LogP contribution in [0.5, 0.6) is 0 Å². The molecule has 0 aliphatic rings. The second-order valence-corrected chi connectivity index (χ2v) is 4.43. The van der Waals surface area contributed by atoms with Crippen LogP contribution in [0.4, 0.5) is 5.69 Å². The van der Waals surface area contributed by atoms with Crippen molar-refractivity contribution in [2.24, 2.45) is 7.05 Å². The van der Waals surface area contributed by atoms with Crippen molar-refractivity contribution in [3.05, 3.63) is 42.2 Å². The molecule has 0 aliphatic carbocycles. The van der Waals surface area contributed by atoms with Crippen LogP contribution in [0.1, 0.15) is 5.56 Å². The molecule has 3 rings (SSSR count). The first-order valence-electron chi connectivity index (χ1n) is 5.80. The second-order valence-electron chi connectivity index (χ2n) is 4.43. The largest absolute Gasteiger partial charge is 0.399 e. The van der Waals surface area contributed by atoms with Crippen LogP contribution in [0.15, 0.2) is 36.7 Å². The van der Waals surface area contributed by atoms with E-state index in [-0.39, 0.29) is 0 Å². The monoisotopic (exact) mass is 238 g/mol. The molecule has 0 fully saturated rings. The number of rotatable bonds is 1. The molecule has 0 spiro atoms. The quantitative estimate of drug-likeness (QED) is 0.663. The molecule has 0 aliphatic heterocycles. The summed E-state index contributed by atoms with van der Waals surface area (Å²) in [4.78, 5) is 8.73. The maximum atomic E-state index is 5.78. The zero-order valence-corrected chi connectivity index (χ0v) is 10.4. The molecule has 0 unspecified atom stereocenters. The molecule has 0 saturated heterocycles. The molecule has 1 aromatic carbocycles. The number of hydrogen-bond acceptors (Lipinski definition) is 3. The lowest BCUT2D eigenvalue weighted by atomic mass is 10.1. The molecule has 4 heteroatoms. The highest BCUT2D eigenvalue weighted by Gasteiger charge is 2.11. The Hall–Kier alpha value is -2.36. The maximum Gasteiger partial charge on any atom is 0.141 e. The van der Waals surface area contributed by atoms with Gasteiger partial charge in [0.15, 0.2) is 0 Å². The van der Waals surface area contributed by atoms with Crippen molar-refractivity contribution in [2.45, 2.75) is 6.92 Å². The van der Waals surface area contributed by atoms with Gasteiger partial charge in [-0.1, -0.05) is 0 Å². The minimum absolute atomic E-state index is 0.775. The van der Waals surface area contributed by atoms with Crippen molar-refractivity contribution in [1.82, 2.24) is 14.5 Å². The van der Waals surface area contributed by atoms with E-state index in [9.17, 15) is 0 Å². The molecule has 0 saturated carbocycles. The van der Waals surface area contributed by atoms with Crippen LogP contribution in [-0.2, 0) is 7.05 Å². The number of aryl methyl sites for hydroxylation is 2.